The van der Waals surface area contributed by atoms with Crippen molar-refractivity contribution >= 4 is 11.2 Å². The van der Waals surface area contributed by atoms with Gasteiger partial charge in [-0.1, -0.05) is 0 Å². The van der Waals surface area contributed by atoms with Crippen molar-refractivity contribution in [3.05, 3.63) is 27.2 Å². The minimum Gasteiger partial charge on any atom is -0.396 e. The van der Waals surface area contributed by atoms with Gasteiger partial charge in [0, 0.05) is 39.8 Å². The Labute approximate surface area is 146 Å². The molecule has 0 aliphatic heterocycles. The summed E-state index contributed by atoms with van der Waals surface area (Å²) in [4.78, 5) is 31.7. The van der Waals surface area contributed by atoms with Gasteiger partial charge in [0.2, 0.25) is 0 Å². The average molecular weight is 349 g/mol. The van der Waals surface area contributed by atoms with Crippen molar-refractivity contribution in [2.45, 2.75) is 44.7 Å². The maximum absolute atomic E-state index is 12.7. The fraction of sp³-hybridized carbons (Fsp3) is 0.706. The molecule has 1 N–H and O–H groups in total. The summed E-state index contributed by atoms with van der Waals surface area (Å²) in [6.07, 6.45) is 6.57. The summed E-state index contributed by atoms with van der Waals surface area (Å²) in [5.41, 5.74) is 0.312. The van der Waals surface area contributed by atoms with Crippen LogP contribution in [0.2, 0.25) is 0 Å². The molecular formula is C17H27N5O3. The smallest absolute Gasteiger partial charge is 0.332 e. The van der Waals surface area contributed by atoms with Crippen molar-refractivity contribution in [1.29, 1.82) is 0 Å². The van der Waals surface area contributed by atoms with Crippen molar-refractivity contribution in [1.82, 2.24) is 23.6 Å². The third kappa shape index (κ3) is 3.69. The second-order valence-corrected chi connectivity index (χ2v) is 6.88. The first kappa shape index (κ1) is 17.9. The number of imidazole rings is 1. The van der Waals surface area contributed by atoms with E-state index in [4.69, 9.17) is 5.11 Å². The Hall–Kier alpha value is -1.93. The van der Waals surface area contributed by atoms with Gasteiger partial charge in [-0.15, -0.1) is 0 Å². The number of nitrogens with zero attached hydrogens (tertiary/aromatic N) is 5. The molecule has 0 spiro atoms. The van der Waals surface area contributed by atoms with Crippen LogP contribution in [0.15, 0.2) is 15.9 Å². The second kappa shape index (κ2) is 7.53. The Balaban J connectivity index is 1.71. The van der Waals surface area contributed by atoms with Gasteiger partial charge in [-0.25, -0.2) is 9.78 Å². The summed E-state index contributed by atoms with van der Waals surface area (Å²) in [7, 11) is 3.42. The minimum atomic E-state index is -0.311. The number of unbranched alkanes of at least 4 members (excludes halogenated alkanes) is 1. The van der Waals surface area contributed by atoms with Gasteiger partial charge < -0.3 is 14.6 Å². The molecule has 2 aromatic rings. The van der Waals surface area contributed by atoms with Gasteiger partial charge in [-0.2, -0.15) is 0 Å². The monoisotopic (exact) mass is 349 g/mol. The number of hydrogen-bond donors (Lipinski definition) is 1. The topological polar surface area (TPSA) is 85.3 Å². The van der Waals surface area contributed by atoms with Crippen molar-refractivity contribution < 1.29 is 5.11 Å². The lowest BCUT2D eigenvalue weighted by atomic mass is 10.2. The molecular weight excluding hydrogens is 322 g/mol. The maximum Gasteiger partial charge on any atom is 0.332 e. The van der Waals surface area contributed by atoms with Crippen LogP contribution in [0.25, 0.3) is 11.2 Å². The van der Waals surface area contributed by atoms with E-state index in [2.05, 4.69) is 9.88 Å². The van der Waals surface area contributed by atoms with Gasteiger partial charge in [0.25, 0.3) is 5.56 Å². The normalized spacial score (nSPS) is 14.7. The van der Waals surface area contributed by atoms with Crippen LogP contribution in [0, 0.1) is 0 Å². The molecule has 0 unspecified atom stereocenters. The number of aryl methyl sites for hydroxylation is 2. The summed E-state index contributed by atoms with van der Waals surface area (Å²) >= 11 is 0. The van der Waals surface area contributed by atoms with Crippen LogP contribution >= 0.6 is 0 Å². The quantitative estimate of drug-likeness (QED) is 0.647. The predicted molar refractivity (Wildman–Crippen MR) is 95.7 cm³/mol. The van der Waals surface area contributed by atoms with Gasteiger partial charge in [0.05, 0.1) is 6.33 Å². The third-order valence-electron chi connectivity index (χ3n) is 4.94. The lowest BCUT2D eigenvalue weighted by Gasteiger charge is -2.21. The van der Waals surface area contributed by atoms with Crippen molar-refractivity contribution in [3.8, 4) is 0 Å². The molecule has 0 bridgehead atoms. The summed E-state index contributed by atoms with van der Waals surface area (Å²) in [5.74, 6) is 0. The third-order valence-corrected chi connectivity index (χ3v) is 4.94. The van der Waals surface area contributed by atoms with E-state index in [1.165, 1.54) is 22.0 Å². The summed E-state index contributed by atoms with van der Waals surface area (Å²) < 4.78 is 4.43. The lowest BCUT2D eigenvalue weighted by molar-refractivity contribution is 0.229. The van der Waals surface area contributed by atoms with Crippen LogP contribution in [0.5, 0.6) is 0 Å². The van der Waals surface area contributed by atoms with Crippen molar-refractivity contribution in [2.24, 2.45) is 14.1 Å². The van der Waals surface area contributed by atoms with Gasteiger partial charge in [0.15, 0.2) is 11.2 Å². The molecule has 0 amide bonds. The molecule has 2 aromatic heterocycles. The molecule has 0 atom stereocenters. The molecule has 0 aromatic carbocycles. The molecule has 0 saturated heterocycles. The Morgan fingerprint density at radius 1 is 1.20 bits per heavy atom. The number of aliphatic hydroxyl groups is 1. The first-order chi connectivity index (χ1) is 12.0. The van der Waals surface area contributed by atoms with Crippen molar-refractivity contribution in [2.75, 3.05) is 19.7 Å². The Kier molecular flexibility index (Phi) is 5.39. The van der Waals surface area contributed by atoms with Crippen LogP contribution in [0.1, 0.15) is 32.1 Å². The molecule has 8 nitrogen and oxygen atoms in total. The molecule has 1 saturated carbocycles. The van der Waals surface area contributed by atoms with Crippen LogP contribution in [0.3, 0.4) is 0 Å². The predicted octanol–water partition coefficient (Wildman–Crippen LogP) is 0.0607. The zero-order valence-corrected chi connectivity index (χ0v) is 15.0. The Morgan fingerprint density at radius 3 is 2.60 bits per heavy atom. The highest BCUT2D eigenvalue weighted by Gasteiger charge is 2.28. The zero-order chi connectivity index (χ0) is 18.0. The van der Waals surface area contributed by atoms with E-state index >= 15 is 0 Å². The second-order valence-electron chi connectivity index (χ2n) is 6.88. The Morgan fingerprint density at radius 2 is 1.92 bits per heavy atom. The van der Waals surface area contributed by atoms with Crippen LogP contribution in [0.4, 0.5) is 0 Å². The average Bonchev–Trinajstić information content (AvgIpc) is 3.36. The number of fused-ring (bicyclic) bond motifs is 1. The van der Waals surface area contributed by atoms with E-state index in [-0.39, 0.29) is 17.9 Å². The molecule has 3 rings (SSSR count). The lowest BCUT2D eigenvalue weighted by Crippen LogP contribution is -2.40. The van der Waals surface area contributed by atoms with Crippen LogP contribution in [-0.2, 0) is 20.6 Å². The molecule has 1 aliphatic carbocycles. The standard InChI is InChI=1S/C17H27N5O3/c1-19-12-18-15-14(19)16(24)22(17(25)20(15)2)10-5-9-21(13-6-7-13)8-3-4-11-23/h12-13,23H,3-11H2,1-2H3. The molecule has 1 aliphatic rings. The maximum atomic E-state index is 12.7. The number of hydrogen-bond acceptors (Lipinski definition) is 5. The largest absolute Gasteiger partial charge is 0.396 e. The minimum absolute atomic E-state index is 0.231. The molecule has 2 heterocycles. The van der Waals surface area contributed by atoms with E-state index in [1.54, 1.807) is 25.0 Å². The zero-order valence-electron chi connectivity index (χ0n) is 15.0. The fourth-order valence-corrected chi connectivity index (χ4v) is 3.37. The first-order valence-electron chi connectivity index (χ1n) is 9.00. The molecule has 8 heteroatoms. The number of aliphatic hydroxyl groups excluding tert-OH is 1. The molecule has 138 valence electrons. The fourth-order valence-electron chi connectivity index (χ4n) is 3.37. The number of aromatic nitrogens is 4. The highest BCUT2D eigenvalue weighted by atomic mass is 16.3. The molecule has 1 fully saturated rings. The highest BCUT2D eigenvalue weighted by Crippen LogP contribution is 2.27. The van der Waals surface area contributed by atoms with Crippen LogP contribution < -0.4 is 11.2 Å². The summed E-state index contributed by atoms with van der Waals surface area (Å²) in [6, 6.07) is 0.637. The highest BCUT2D eigenvalue weighted by molar-refractivity contribution is 5.69. The number of rotatable bonds is 9. The Bertz CT molecular complexity index is 846. The van der Waals surface area contributed by atoms with Gasteiger partial charge in [-0.3, -0.25) is 13.9 Å². The van der Waals surface area contributed by atoms with Gasteiger partial charge in [-0.05, 0) is 38.6 Å². The van der Waals surface area contributed by atoms with Crippen LogP contribution in [-0.4, -0.2) is 54.4 Å². The van der Waals surface area contributed by atoms with E-state index in [9.17, 15) is 9.59 Å². The first-order valence-corrected chi connectivity index (χ1v) is 9.00. The summed E-state index contributed by atoms with van der Waals surface area (Å²) in [5, 5.41) is 8.94. The van der Waals surface area contributed by atoms with Gasteiger partial charge in [0.1, 0.15) is 0 Å². The van der Waals surface area contributed by atoms with E-state index in [0.29, 0.717) is 23.8 Å². The SMILES string of the molecule is Cn1cnc2c1c(=O)n(CCCN(CCCCO)C1CC1)c(=O)n2C. The molecule has 25 heavy (non-hydrogen) atoms. The van der Waals surface area contributed by atoms with E-state index in [0.717, 1.165) is 32.4 Å². The van der Waals surface area contributed by atoms with Crippen molar-refractivity contribution in [3.63, 3.8) is 0 Å². The summed E-state index contributed by atoms with van der Waals surface area (Å²) in [6.45, 7) is 2.48. The van der Waals surface area contributed by atoms with E-state index < -0.39 is 0 Å². The van der Waals surface area contributed by atoms with E-state index in [1.807, 2.05) is 0 Å². The van der Waals surface area contributed by atoms with Gasteiger partial charge >= 0.3 is 5.69 Å². The molecule has 0 radical (unpaired) electrons.